The number of carbonyl (C=O) groups is 1. The van der Waals surface area contributed by atoms with Crippen LogP contribution < -0.4 is 5.32 Å². The molecular formula is C16H29N3O2. The molecule has 0 aliphatic rings. The van der Waals surface area contributed by atoms with Crippen molar-refractivity contribution in [2.45, 2.75) is 53.5 Å². The van der Waals surface area contributed by atoms with Gasteiger partial charge in [-0.05, 0) is 45.4 Å². The largest absolute Gasteiger partial charge is 0.396 e. The van der Waals surface area contributed by atoms with E-state index in [9.17, 15) is 4.79 Å². The van der Waals surface area contributed by atoms with Crippen LogP contribution in [0.2, 0.25) is 0 Å². The molecule has 5 heteroatoms. The number of carbonyl (C=O) groups excluding carboxylic acids is 1. The molecule has 1 aromatic heterocycles. The molecule has 0 saturated carbocycles. The Labute approximate surface area is 127 Å². The van der Waals surface area contributed by atoms with E-state index in [0.29, 0.717) is 23.9 Å². The highest BCUT2D eigenvalue weighted by Gasteiger charge is 2.17. The summed E-state index contributed by atoms with van der Waals surface area (Å²) in [5.41, 5.74) is 1.53. The van der Waals surface area contributed by atoms with E-state index >= 15 is 0 Å². The molecule has 21 heavy (non-hydrogen) atoms. The Kier molecular flexibility index (Phi) is 6.89. The van der Waals surface area contributed by atoms with E-state index in [1.807, 2.05) is 25.5 Å². The highest BCUT2D eigenvalue weighted by Crippen LogP contribution is 2.16. The molecule has 0 radical (unpaired) electrons. The summed E-state index contributed by atoms with van der Waals surface area (Å²) in [4.78, 5) is 12.3. The van der Waals surface area contributed by atoms with Gasteiger partial charge in [-0.3, -0.25) is 9.48 Å². The van der Waals surface area contributed by atoms with Crippen LogP contribution in [0, 0.1) is 18.8 Å². The summed E-state index contributed by atoms with van der Waals surface area (Å²) >= 11 is 0. The summed E-state index contributed by atoms with van der Waals surface area (Å²) in [5, 5.41) is 16.4. The molecule has 0 aliphatic carbocycles. The minimum absolute atomic E-state index is 0.0777. The van der Waals surface area contributed by atoms with Gasteiger partial charge in [-0.25, -0.2) is 0 Å². The Morgan fingerprint density at radius 3 is 2.52 bits per heavy atom. The van der Waals surface area contributed by atoms with Gasteiger partial charge in [0.15, 0.2) is 0 Å². The Morgan fingerprint density at radius 1 is 1.38 bits per heavy atom. The SMILES string of the molecule is Cc1c(C(=O)NCC(CCO)CC(C)C)cnn1C(C)C. The van der Waals surface area contributed by atoms with Gasteiger partial charge in [-0.1, -0.05) is 13.8 Å². The van der Waals surface area contributed by atoms with Gasteiger partial charge in [0.2, 0.25) is 0 Å². The second-order valence-electron chi connectivity index (χ2n) is 6.40. The number of nitrogens with zero attached hydrogens (tertiary/aromatic N) is 2. The molecule has 1 unspecified atom stereocenters. The highest BCUT2D eigenvalue weighted by molar-refractivity contribution is 5.95. The quantitative estimate of drug-likeness (QED) is 0.774. The maximum Gasteiger partial charge on any atom is 0.254 e. The minimum Gasteiger partial charge on any atom is -0.396 e. The minimum atomic E-state index is -0.0777. The fraction of sp³-hybridized carbons (Fsp3) is 0.750. The van der Waals surface area contributed by atoms with E-state index in [1.165, 1.54) is 0 Å². The smallest absolute Gasteiger partial charge is 0.254 e. The molecule has 5 nitrogen and oxygen atoms in total. The number of aliphatic hydroxyl groups excluding tert-OH is 1. The van der Waals surface area contributed by atoms with Crippen LogP contribution in [0.1, 0.15) is 62.6 Å². The molecule has 1 rings (SSSR count). The Balaban J connectivity index is 2.64. The first-order chi connectivity index (χ1) is 9.86. The van der Waals surface area contributed by atoms with Crippen LogP contribution in [0.15, 0.2) is 6.20 Å². The lowest BCUT2D eigenvalue weighted by Gasteiger charge is -2.18. The van der Waals surface area contributed by atoms with E-state index in [4.69, 9.17) is 5.11 Å². The number of hydrogen-bond donors (Lipinski definition) is 2. The number of aliphatic hydroxyl groups is 1. The third-order valence-corrected chi connectivity index (χ3v) is 3.67. The Morgan fingerprint density at radius 2 is 2.05 bits per heavy atom. The second-order valence-corrected chi connectivity index (χ2v) is 6.40. The van der Waals surface area contributed by atoms with E-state index in [-0.39, 0.29) is 18.6 Å². The van der Waals surface area contributed by atoms with E-state index in [2.05, 4.69) is 24.3 Å². The maximum absolute atomic E-state index is 12.3. The van der Waals surface area contributed by atoms with Crippen LogP contribution >= 0.6 is 0 Å². The van der Waals surface area contributed by atoms with Gasteiger partial charge >= 0.3 is 0 Å². The monoisotopic (exact) mass is 295 g/mol. The number of aromatic nitrogens is 2. The standard InChI is InChI=1S/C16H29N3O2/c1-11(2)8-14(6-7-20)9-17-16(21)15-10-18-19(12(3)4)13(15)5/h10-12,14,20H,6-9H2,1-5H3,(H,17,21). The van der Waals surface area contributed by atoms with Gasteiger partial charge in [0.1, 0.15) is 0 Å². The highest BCUT2D eigenvalue weighted by atomic mass is 16.3. The van der Waals surface area contributed by atoms with Crippen molar-refractivity contribution in [3.8, 4) is 0 Å². The number of rotatable bonds is 8. The molecule has 0 aromatic carbocycles. The fourth-order valence-corrected chi connectivity index (χ4v) is 2.65. The van der Waals surface area contributed by atoms with Crippen molar-refractivity contribution in [3.05, 3.63) is 17.5 Å². The third-order valence-electron chi connectivity index (χ3n) is 3.67. The normalized spacial score (nSPS) is 13.0. The zero-order valence-electron chi connectivity index (χ0n) is 13.9. The predicted octanol–water partition coefficient (Wildman–Crippen LogP) is 2.55. The molecule has 120 valence electrons. The van der Waals surface area contributed by atoms with Gasteiger partial charge in [-0.15, -0.1) is 0 Å². The molecular weight excluding hydrogens is 266 g/mol. The lowest BCUT2D eigenvalue weighted by molar-refractivity contribution is 0.0940. The first kappa shape index (κ1) is 17.7. The Hall–Kier alpha value is -1.36. The molecule has 1 aromatic rings. The number of hydrogen-bond acceptors (Lipinski definition) is 3. The molecule has 1 atom stereocenters. The van der Waals surface area contributed by atoms with Crippen LogP contribution in [0.3, 0.4) is 0 Å². The molecule has 0 fully saturated rings. The molecule has 0 bridgehead atoms. The summed E-state index contributed by atoms with van der Waals surface area (Å²) in [7, 11) is 0. The van der Waals surface area contributed by atoms with Gasteiger partial charge < -0.3 is 10.4 Å². The van der Waals surface area contributed by atoms with Gasteiger partial charge in [-0.2, -0.15) is 5.10 Å². The molecule has 2 N–H and O–H groups in total. The van der Waals surface area contributed by atoms with Crippen molar-refractivity contribution in [2.24, 2.45) is 11.8 Å². The summed E-state index contributed by atoms with van der Waals surface area (Å²) in [6.07, 6.45) is 3.36. The molecule has 1 amide bonds. The lowest BCUT2D eigenvalue weighted by atomic mass is 9.94. The summed E-state index contributed by atoms with van der Waals surface area (Å²) in [6, 6.07) is 0.245. The summed E-state index contributed by atoms with van der Waals surface area (Å²) in [6.45, 7) is 11.1. The second kappa shape index (κ2) is 8.17. The molecule has 0 spiro atoms. The molecule has 1 heterocycles. The first-order valence-electron chi connectivity index (χ1n) is 7.79. The van der Waals surface area contributed by atoms with Crippen molar-refractivity contribution >= 4 is 5.91 Å². The average molecular weight is 295 g/mol. The zero-order chi connectivity index (χ0) is 16.0. The third kappa shape index (κ3) is 5.16. The van der Waals surface area contributed by atoms with Crippen molar-refractivity contribution in [1.29, 1.82) is 0 Å². The van der Waals surface area contributed by atoms with Gasteiger partial charge in [0.25, 0.3) is 5.91 Å². The van der Waals surface area contributed by atoms with Crippen molar-refractivity contribution in [1.82, 2.24) is 15.1 Å². The first-order valence-corrected chi connectivity index (χ1v) is 7.79. The van der Waals surface area contributed by atoms with E-state index < -0.39 is 0 Å². The molecule has 0 saturated heterocycles. The van der Waals surface area contributed by atoms with Crippen LogP contribution in [0.25, 0.3) is 0 Å². The zero-order valence-corrected chi connectivity index (χ0v) is 13.9. The van der Waals surface area contributed by atoms with E-state index in [1.54, 1.807) is 6.20 Å². The predicted molar refractivity (Wildman–Crippen MR) is 84.3 cm³/mol. The van der Waals surface area contributed by atoms with Crippen molar-refractivity contribution in [3.63, 3.8) is 0 Å². The van der Waals surface area contributed by atoms with Gasteiger partial charge in [0.05, 0.1) is 11.8 Å². The van der Waals surface area contributed by atoms with Gasteiger partial charge in [0, 0.05) is 24.9 Å². The number of amides is 1. The van der Waals surface area contributed by atoms with Crippen LogP contribution in [0.5, 0.6) is 0 Å². The fourth-order valence-electron chi connectivity index (χ4n) is 2.65. The number of nitrogens with one attached hydrogen (secondary N) is 1. The lowest BCUT2D eigenvalue weighted by Crippen LogP contribution is -2.30. The molecule has 0 aliphatic heterocycles. The van der Waals surface area contributed by atoms with Crippen LogP contribution in [-0.2, 0) is 0 Å². The maximum atomic E-state index is 12.3. The van der Waals surface area contributed by atoms with Crippen LogP contribution in [0.4, 0.5) is 0 Å². The average Bonchev–Trinajstić information content (AvgIpc) is 2.77. The van der Waals surface area contributed by atoms with Crippen molar-refractivity contribution in [2.75, 3.05) is 13.2 Å². The van der Waals surface area contributed by atoms with Crippen molar-refractivity contribution < 1.29 is 9.90 Å². The topological polar surface area (TPSA) is 67.2 Å². The van der Waals surface area contributed by atoms with Crippen LogP contribution in [-0.4, -0.2) is 33.9 Å². The summed E-state index contributed by atoms with van der Waals surface area (Å²) in [5.74, 6) is 0.800. The summed E-state index contributed by atoms with van der Waals surface area (Å²) < 4.78 is 1.86. The Bertz CT molecular complexity index is 452. The van der Waals surface area contributed by atoms with E-state index in [0.717, 1.165) is 18.5 Å².